The number of hydrogen-bond acceptors (Lipinski definition) is 1. The summed E-state index contributed by atoms with van der Waals surface area (Å²) < 4.78 is 0. The fourth-order valence-electron chi connectivity index (χ4n) is 2.48. The zero-order valence-electron chi connectivity index (χ0n) is 11.9. The maximum Gasteiger partial charge on any atom is 0.0594 e. The Morgan fingerprint density at radius 3 is 2.65 bits per heavy atom. The van der Waals surface area contributed by atoms with E-state index < -0.39 is 5.60 Å². The van der Waals surface area contributed by atoms with E-state index in [2.05, 4.69) is 32.1 Å². The highest BCUT2D eigenvalue weighted by atomic mass is 16.3. The van der Waals surface area contributed by atoms with Gasteiger partial charge < -0.3 is 5.11 Å². The molecule has 0 heterocycles. The van der Waals surface area contributed by atoms with Crippen LogP contribution in [0.15, 0.2) is 23.8 Å². The second-order valence-corrected chi connectivity index (χ2v) is 6.18. The molecular formula is C16H28O. The minimum Gasteiger partial charge on any atom is -0.390 e. The first-order valence-electron chi connectivity index (χ1n) is 7.00. The maximum atomic E-state index is 9.86. The van der Waals surface area contributed by atoms with Gasteiger partial charge in [-0.05, 0) is 51.4 Å². The van der Waals surface area contributed by atoms with Crippen LogP contribution in [0.4, 0.5) is 0 Å². The van der Waals surface area contributed by atoms with E-state index in [1.54, 1.807) is 0 Å². The van der Waals surface area contributed by atoms with Crippen LogP contribution in [0.2, 0.25) is 0 Å². The lowest BCUT2D eigenvalue weighted by Gasteiger charge is -2.24. The van der Waals surface area contributed by atoms with Crippen LogP contribution < -0.4 is 0 Å². The van der Waals surface area contributed by atoms with Crippen LogP contribution in [0.5, 0.6) is 0 Å². The first kappa shape index (κ1) is 14.5. The summed E-state index contributed by atoms with van der Waals surface area (Å²) in [5.41, 5.74) is 0.962. The summed E-state index contributed by atoms with van der Waals surface area (Å²) in [6.07, 6.45) is 12.6. The second kappa shape index (κ2) is 6.39. The highest BCUT2D eigenvalue weighted by Gasteiger charge is 2.19. The molecule has 0 bridgehead atoms. The Balaban J connectivity index is 2.36. The molecule has 17 heavy (non-hydrogen) atoms. The van der Waals surface area contributed by atoms with Crippen molar-refractivity contribution in [3.8, 4) is 0 Å². The van der Waals surface area contributed by atoms with Crippen molar-refractivity contribution in [2.24, 2.45) is 11.8 Å². The predicted molar refractivity (Wildman–Crippen MR) is 74.9 cm³/mol. The van der Waals surface area contributed by atoms with Crippen LogP contribution in [0.25, 0.3) is 0 Å². The average Bonchev–Trinajstić information content (AvgIpc) is 2.25. The fraction of sp³-hybridized carbons (Fsp3) is 0.750. The number of rotatable bonds is 6. The van der Waals surface area contributed by atoms with Gasteiger partial charge in [-0.25, -0.2) is 0 Å². The Morgan fingerprint density at radius 2 is 2.18 bits per heavy atom. The minimum absolute atomic E-state index is 0.522. The molecule has 2 unspecified atom stereocenters. The van der Waals surface area contributed by atoms with E-state index in [1.165, 1.54) is 18.4 Å². The molecule has 1 heteroatoms. The van der Waals surface area contributed by atoms with E-state index in [0.29, 0.717) is 11.8 Å². The van der Waals surface area contributed by atoms with Gasteiger partial charge in [0.05, 0.1) is 5.60 Å². The van der Waals surface area contributed by atoms with Gasteiger partial charge in [0.1, 0.15) is 0 Å². The molecule has 0 saturated heterocycles. The van der Waals surface area contributed by atoms with Crippen molar-refractivity contribution in [2.75, 3.05) is 0 Å². The molecule has 0 aliphatic heterocycles. The van der Waals surface area contributed by atoms with Crippen LogP contribution >= 0.6 is 0 Å². The fourth-order valence-corrected chi connectivity index (χ4v) is 2.48. The quantitative estimate of drug-likeness (QED) is 0.721. The Hall–Kier alpha value is -0.560. The van der Waals surface area contributed by atoms with Crippen LogP contribution in [-0.2, 0) is 0 Å². The molecule has 0 fully saturated rings. The maximum absolute atomic E-state index is 9.86. The van der Waals surface area contributed by atoms with E-state index in [-0.39, 0.29) is 0 Å². The first-order valence-corrected chi connectivity index (χ1v) is 7.00. The van der Waals surface area contributed by atoms with Crippen molar-refractivity contribution in [3.63, 3.8) is 0 Å². The van der Waals surface area contributed by atoms with Gasteiger partial charge in [-0.2, -0.15) is 0 Å². The molecule has 0 spiro atoms. The standard InChI is InChI=1S/C16H28O/c1-5-14(12-16(3,4)17)10-11-15-8-6-13(2)7-9-15/h6,8-9,13-14,17H,5,7,10-12H2,1-4H3. The number of aliphatic hydroxyl groups is 1. The van der Waals surface area contributed by atoms with E-state index in [1.807, 2.05) is 13.8 Å². The van der Waals surface area contributed by atoms with Gasteiger partial charge in [0.25, 0.3) is 0 Å². The molecule has 1 nitrogen and oxygen atoms in total. The Bertz CT molecular complexity index is 280. The van der Waals surface area contributed by atoms with Crippen molar-refractivity contribution in [3.05, 3.63) is 23.8 Å². The van der Waals surface area contributed by atoms with Crippen LogP contribution in [0.3, 0.4) is 0 Å². The van der Waals surface area contributed by atoms with Crippen molar-refractivity contribution in [1.82, 2.24) is 0 Å². The largest absolute Gasteiger partial charge is 0.390 e. The number of allylic oxidation sites excluding steroid dienone is 4. The Morgan fingerprint density at radius 1 is 1.47 bits per heavy atom. The zero-order chi connectivity index (χ0) is 12.9. The normalized spacial score (nSPS) is 22.4. The SMILES string of the molecule is CCC(CCC1=CCC(C)C=C1)CC(C)(C)O. The third kappa shape index (κ3) is 6.07. The molecule has 98 valence electrons. The minimum atomic E-state index is -0.522. The summed E-state index contributed by atoms with van der Waals surface area (Å²) in [5, 5.41) is 9.86. The highest BCUT2D eigenvalue weighted by Crippen LogP contribution is 2.27. The Labute approximate surface area is 107 Å². The van der Waals surface area contributed by atoms with E-state index in [9.17, 15) is 5.11 Å². The van der Waals surface area contributed by atoms with Gasteiger partial charge in [-0.15, -0.1) is 0 Å². The lowest BCUT2D eigenvalue weighted by atomic mass is 9.86. The zero-order valence-corrected chi connectivity index (χ0v) is 11.9. The van der Waals surface area contributed by atoms with Crippen molar-refractivity contribution in [2.45, 2.75) is 65.4 Å². The van der Waals surface area contributed by atoms with Crippen molar-refractivity contribution in [1.29, 1.82) is 0 Å². The van der Waals surface area contributed by atoms with Gasteiger partial charge in [-0.1, -0.05) is 44.1 Å². The number of hydrogen-bond donors (Lipinski definition) is 1. The molecular weight excluding hydrogens is 208 g/mol. The van der Waals surface area contributed by atoms with Gasteiger partial charge >= 0.3 is 0 Å². The Kier molecular flexibility index (Phi) is 5.45. The predicted octanol–water partition coefficient (Wildman–Crippen LogP) is 4.48. The van der Waals surface area contributed by atoms with Crippen LogP contribution in [-0.4, -0.2) is 10.7 Å². The molecule has 0 aromatic heterocycles. The summed E-state index contributed by atoms with van der Waals surface area (Å²) in [7, 11) is 0. The molecule has 2 atom stereocenters. The first-order chi connectivity index (χ1) is 7.90. The summed E-state index contributed by atoms with van der Waals surface area (Å²) in [6, 6.07) is 0. The van der Waals surface area contributed by atoms with Crippen molar-refractivity contribution >= 4 is 0 Å². The van der Waals surface area contributed by atoms with Crippen LogP contribution in [0.1, 0.15) is 59.8 Å². The summed E-state index contributed by atoms with van der Waals surface area (Å²) in [5.74, 6) is 1.35. The summed E-state index contributed by atoms with van der Waals surface area (Å²) >= 11 is 0. The monoisotopic (exact) mass is 236 g/mol. The van der Waals surface area contributed by atoms with Crippen LogP contribution in [0, 0.1) is 11.8 Å². The lowest BCUT2D eigenvalue weighted by Crippen LogP contribution is -2.23. The average molecular weight is 236 g/mol. The summed E-state index contributed by atoms with van der Waals surface area (Å²) in [4.78, 5) is 0. The third-order valence-electron chi connectivity index (χ3n) is 3.60. The molecule has 0 radical (unpaired) electrons. The van der Waals surface area contributed by atoms with E-state index in [4.69, 9.17) is 0 Å². The van der Waals surface area contributed by atoms with Gasteiger partial charge in [0.15, 0.2) is 0 Å². The smallest absolute Gasteiger partial charge is 0.0594 e. The lowest BCUT2D eigenvalue weighted by molar-refractivity contribution is 0.0504. The molecule has 0 amide bonds. The van der Waals surface area contributed by atoms with E-state index in [0.717, 1.165) is 19.3 Å². The molecule has 1 aliphatic carbocycles. The van der Waals surface area contributed by atoms with Gasteiger partial charge in [-0.3, -0.25) is 0 Å². The second-order valence-electron chi connectivity index (χ2n) is 6.18. The molecule has 1 N–H and O–H groups in total. The molecule has 0 aromatic carbocycles. The topological polar surface area (TPSA) is 20.2 Å². The third-order valence-corrected chi connectivity index (χ3v) is 3.60. The highest BCUT2D eigenvalue weighted by molar-refractivity contribution is 5.23. The summed E-state index contributed by atoms with van der Waals surface area (Å²) in [6.45, 7) is 8.31. The molecule has 0 saturated carbocycles. The van der Waals surface area contributed by atoms with Gasteiger partial charge in [0, 0.05) is 0 Å². The molecule has 1 aliphatic rings. The van der Waals surface area contributed by atoms with Gasteiger partial charge in [0.2, 0.25) is 0 Å². The molecule has 1 rings (SSSR count). The van der Waals surface area contributed by atoms with E-state index >= 15 is 0 Å². The van der Waals surface area contributed by atoms with Crippen molar-refractivity contribution < 1.29 is 5.11 Å². The molecule has 0 aromatic rings.